The number of carbonyl (C=O) groups is 2. The van der Waals surface area contributed by atoms with Gasteiger partial charge in [-0.15, -0.1) is 0 Å². The molecule has 0 fully saturated rings. The first-order chi connectivity index (χ1) is 18.7. The molecular formula is C30H35BrN2O6S. The van der Waals surface area contributed by atoms with Crippen molar-refractivity contribution in [3.8, 4) is 11.5 Å². The molecule has 0 bridgehead atoms. The maximum absolute atomic E-state index is 13.5. The average Bonchev–Trinajstić information content (AvgIpc) is 2.86. The van der Waals surface area contributed by atoms with Crippen LogP contribution in [-0.2, 0) is 22.6 Å². The standard InChI is InChI=1S/C30H35BrN2O6S/c1-29(2,3)38-27(34)22-18-32(14-13-26(22)40)33(28(35)39-30(4,5)6)17-21-15-25(24(36-7)16-23(21)31)37-19-20-11-9-8-10-12-20/h8-16,18H,17,19H2,1-7H3. The number of carbonyl (C=O) groups excluding carboxylic acids is 2. The van der Waals surface area contributed by atoms with E-state index in [9.17, 15) is 9.59 Å². The molecular weight excluding hydrogens is 596 g/mol. The number of esters is 1. The van der Waals surface area contributed by atoms with Crippen LogP contribution >= 0.6 is 28.1 Å². The van der Waals surface area contributed by atoms with Crippen LogP contribution < -0.4 is 14.5 Å². The van der Waals surface area contributed by atoms with Crippen LogP contribution in [-0.4, -0.2) is 35.1 Å². The van der Waals surface area contributed by atoms with E-state index < -0.39 is 23.3 Å². The number of methoxy groups -OCH3 is 1. The summed E-state index contributed by atoms with van der Waals surface area (Å²) in [5.74, 6) is 0.456. The highest BCUT2D eigenvalue weighted by Crippen LogP contribution is 2.35. The van der Waals surface area contributed by atoms with Gasteiger partial charge in [0.1, 0.15) is 17.8 Å². The minimum Gasteiger partial charge on any atom is -0.493 e. The lowest BCUT2D eigenvalue weighted by Gasteiger charge is -2.30. The van der Waals surface area contributed by atoms with Crippen molar-refractivity contribution in [3.63, 3.8) is 0 Å². The van der Waals surface area contributed by atoms with Crippen LogP contribution in [0.2, 0.25) is 0 Å². The van der Waals surface area contributed by atoms with Crippen molar-refractivity contribution in [3.05, 3.63) is 86.6 Å². The normalized spacial score (nSPS) is 11.5. The van der Waals surface area contributed by atoms with Gasteiger partial charge in [-0.3, -0.25) is 4.68 Å². The maximum atomic E-state index is 13.5. The molecule has 8 nitrogen and oxygen atoms in total. The van der Waals surface area contributed by atoms with Crippen molar-refractivity contribution in [2.45, 2.75) is 65.9 Å². The molecule has 0 aliphatic carbocycles. The molecule has 1 aromatic heterocycles. The van der Waals surface area contributed by atoms with Gasteiger partial charge in [0, 0.05) is 16.9 Å². The predicted molar refractivity (Wildman–Crippen MR) is 160 cm³/mol. The summed E-state index contributed by atoms with van der Waals surface area (Å²) in [5, 5.41) is 1.36. The molecule has 40 heavy (non-hydrogen) atoms. The number of halogens is 1. The SMILES string of the molecule is COc1cc(Br)c(CN(C(=O)OC(C)(C)C)n2ccc(=S)c(C(=O)OC(C)(C)C)c2)cc1OCc1ccccc1. The summed E-state index contributed by atoms with van der Waals surface area (Å²) >= 11 is 8.99. The van der Waals surface area contributed by atoms with Gasteiger partial charge in [0.2, 0.25) is 0 Å². The summed E-state index contributed by atoms with van der Waals surface area (Å²) in [6.07, 6.45) is 2.45. The smallest absolute Gasteiger partial charge is 0.429 e. The van der Waals surface area contributed by atoms with E-state index in [1.165, 1.54) is 15.9 Å². The van der Waals surface area contributed by atoms with Crippen molar-refractivity contribution in [2.24, 2.45) is 0 Å². The Morgan fingerprint density at radius 1 is 0.950 bits per heavy atom. The lowest BCUT2D eigenvalue weighted by atomic mass is 10.2. The highest BCUT2D eigenvalue weighted by Gasteiger charge is 2.26. The second-order valence-electron chi connectivity index (χ2n) is 11.0. The van der Waals surface area contributed by atoms with Gasteiger partial charge in [0.05, 0.1) is 23.7 Å². The summed E-state index contributed by atoms with van der Waals surface area (Å²) in [6, 6.07) is 14.9. The van der Waals surface area contributed by atoms with Crippen molar-refractivity contribution in [2.75, 3.05) is 12.1 Å². The fourth-order valence-electron chi connectivity index (χ4n) is 3.53. The topological polar surface area (TPSA) is 79.2 Å². The number of pyridine rings is 1. The summed E-state index contributed by atoms with van der Waals surface area (Å²) in [6.45, 7) is 11.1. The van der Waals surface area contributed by atoms with Crippen molar-refractivity contribution in [1.29, 1.82) is 0 Å². The molecule has 1 heterocycles. The first-order valence-electron chi connectivity index (χ1n) is 12.7. The monoisotopic (exact) mass is 630 g/mol. The minimum absolute atomic E-state index is 0.0659. The molecule has 0 unspecified atom stereocenters. The molecule has 0 N–H and O–H groups in total. The second kappa shape index (κ2) is 12.9. The summed E-state index contributed by atoms with van der Waals surface area (Å²) in [5.41, 5.74) is 0.390. The minimum atomic E-state index is -0.761. The number of aromatic nitrogens is 1. The van der Waals surface area contributed by atoms with Gasteiger partial charge in [-0.1, -0.05) is 58.5 Å². The Kier molecular flexibility index (Phi) is 10.0. The number of rotatable bonds is 8. The van der Waals surface area contributed by atoms with Gasteiger partial charge in [-0.05, 0) is 70.9 Å². The van der Waals surface area contributed by atoms with E-state index in [4.69, 9.17) is 31.2 Å². The van der Waals surface area contributed by atoms with Gasteiger partial charge >= 0.3 is 12.1 Å². The number of benzene rings is 2. The lowest BCUT2D eigenvalue weighted by molar-refractivity contribution is 0.00669. The fourth-order valence-corrected chi connectivity index (χ4v) is 4.18. The molecule has 3 aromatic rings. The second-order valence-corrected chi connectivity index (χ2v) is 12.3. The summed E-state index contributed by atoms with van der Waals surface area (Å²) < 4.78 is 25.3. The Balaban J connectivity index is 2.02. The molecule has 10 heteroatoms. The molecule has 3 rings (SSSR count). The summed E-state index contributed by atoms with van der Waals surface area (Å²) in [7, 11) is 1.56. The Bertz CT molecular complexity index is 1410. The van der Waals surface area contributed by atoms with E-state index in [2.05, 4.69) is 15.9 Å². The van der Waals surface area contributed by atoms with E-state index in [0.29, 0.717) is 32.7 Å². The highest BCUT2D eigenvalue weighted by atomic mass is 79.9. The van der Waals surface area contributed by atoms with Crippen LogP contribution in [0.4, 0.5) is 4.79 Å². The Labute approximate surface area is 248 Å². The molecule has 0 atom stereocenters. The van der Waals surface area contributed by atoms with Crippen LogP contribution in [0.1, 0.15) is 63.0 Å². The molecule has 1 amide bonds. The maximum Gasteiger partial charge on any atom is 0.429 e. The average molecular weight is 632 g/mol. The van der Waals surface area contributed by atoms with Gasteiger partial charge < -0.3 is 18.9 Å². The molecule has 0 saturated carbocycles. The van der Waals surface area contributed by atoms with Gasteiger partial charge in [-0.25, -0.2) is 14.6 Å². The lowest BCUT2D eigenvalue weighted by Crippen LogP contribution is -2.43. The molecule has 2 aromatic carbocycles. The molecule has 0 saturated heterocycles. The van der Waals surface area contributed by atoms with Crippen LogP contribution in [0.3, 0.4) is 0 Å². The predicted octanol–water partition coefficient (Wildman–Crippen LogP) is 7.60. The number of amides is 1. The number of nitrogens with zero attached hydrogens (tertiary/aromatic N) is 2. The zero-order chi connectivity index (χ0) is 29.7. The number of ether oxygens (including phenoxy) is 4. The van der Waals surface area contributed by atoms with Crippen LogP contribution in [0, 0.1) is 4.51 Å². The zero-order valence-corrected chi connectivity index (χ0v) is 26.2. The Morgan fingerprint density at radius 3 is 2.20 bits per heavy atom. The van der Waals surface area contributed by atoms with E-state index in [1.54, 1.807) is 73.0 Å². The molecule has 0 aliphatic rings. The van der Waals surface area contributed by atoms with Gasteiger partial charge in [0.25, 0.3) is 0 Å². The number of hydrogen-bond acceptors (Lipinski definition) is 7. The first kappa shape index (κ1) is 31.2. The number of hydrogen-bond donors (Lipinski definition) is 0. The summed E-state index contributed by atoms with van der Waals surface area (Å²) in [4.78, 5) is 26.4. The van der Waals surface area contributed by atoms with E-state index >= 15 is 0 Å². The quantitative estimate of drug-likeness (QED) is 0.187. The third-order valence-electron chi connectivity index (χ3n) is 5.30. The van der Waals surface area contributed by atoms with E-state index in [1.807, 2.05) is 30.3 Å². The van der Waals surface area contributed by atoms with Crippen LogP contribution in [0.5, 0.6) is 11.5 Å². The third kappa shape index (κ3) is 8.82. The van der Waals surface area contributed by atoms with Gasteiger partial charge in [0.15, 0.2) is 11.5 Å². The Morgan fingerprint density at radius 2 is 1.60 bits per heavy atom. The molecule has 0 radical (unpaired) electrons. The molecule has 214 valence electrons. The van der Waals surface area contributed by atoms with Crippen LogP contribution in [0.25, 0.3) is 0 Å². The Hall–Kier alpha value is -3.37. The third-order valence-corrected chi connectivity index (χ3v) is 6.39. The first-order valence-corrected chi connectivity index (χ1v) is 13.9. The van der Waals surface area contributed by atoms with Crippen molar-refractivity contribution < 1.29 is 28.5 Å². The fraction of sp³-hybridized carbons (Fsp3) is 0.367. The van der Waals surface area contributed by atoms with Crippen molar-refractivity contribution >= 4 is 40.2 Å². The van der Waals surface area contributed by atoms with E-state index in [0.717, 1.165) is 5.56 Å². The zero-order valence-electron chi connectivity index (χ0n) is 23.8. The highest BCUT2D eigenvalue weighted by molar-refractivity contribution is 9.10. The van der Waals surface area contributed by atoms with Gasteiger partial charge in [-0.2, -0.15) is 0 Å². The largest absolute Gasteiger partial charge is 0.493 e. The molecule has 0 aliphatic heterocycles. The van der Waals surface area contributed by atoms with Crippen LogP contribution in [0.15, 0.2) is 65.4 Å². The van der Waals surface area contributed by atoms with E-state index in [-0.39, 0.29) is 12.1 Å². The van der Waals surface area contributed by atoms with Crippen molar-refractivity contribution in [1.82, 2.24) is 4.68 Å². The molecule has 0 spiro atoms.